The van der Waals surface area contributed by atoms with Gasteiger partial charge in [0.15, 0.2) is 0 Å². The first-order valence-corrected chi connectivity index (χ1v) is 8.04. The topological polar surface area (TPSA) is 47.3 Å². The Morgan fingerprint density at radius 1 is 1.00 bits per heavy atom. The van der Waals surface area contributed by atoms with Crippen LogP contribution in [0, 0.1) is 11.3 Å². The third kappa shape index (κ3) is 3.14. The van der Waals surface area contributed by atoms with Crippen LogP contribution < -0.4 is 4.90 Å². The summed E-state index contributed by atoms with van der Waals surface area (Å²) >= 11 is 0. The number of nitriles is 1. The maximum Gasteiger partial charge on any atom is 0.264 e. The molecule has 0 spiro atoms. The van der Waals surface area contributed by atoms with Crippen LogP contribution in [0.4, 0.5) is 5.69 Å². The number of carbonyl (C=O) groups excluding carboxylic acids is 1. The number of hydrogen-bond acceptors (Lipinski definition) is 3. The summed E-state index contributed by atoms with van der Waals surface area (Å²) in [6, 6.07) is 10.2. The van der Waals surface area contributed by atoms with E-state index < -0.39 is 0 Å². The number of carbonyl (C=O) groups is 1. The lowest BCUT2D eigenvalue weighted by Crippen LogP contribution is -2.28. The number of benzene rings is 1. The molecule has 1 aromatic carbocycles. The van der Waals surface area contributed by atoms with Crippen molar-refractivity contribution in [3.05, 3.63) is 35.4 Å². The summed E-state index contributed by atoms with van der Waals surface area (Å²) in [5, 5.41) is 9.27. The highest BCUT2D eigenvalue weighted by molar-refractivity contribution is 6.01. The molecule has 1 amide bonds. The van der Waals surface area contributed by atoms with Gasteiger partial charge in [0, 0.05) is 31.9 Å². The van der Waals surface area contributed by atoms with Gasteiger partial charge in [-0.3, -0.25) is 4.79 Å². The Kier molecular flexibility index (Phi) is 4.43. The van der Waals surface area contributed by atoms with Gasteiger partial charge in [0.1, 0.15) is 11.6 Å². The average molecular weight is 295 g/mol. The molecule has 0 N–H and O–H groups in total. The zero-order valence-electron chi connectivity index (χ0n) is 12.8. The van der Waals surface area contributed by atoms with Crippen molar-refractivity contribution in [3.8, 4) is 6.07 Å². The predicted octanol–water partition coefficient (Wildman–Crippen LogP) is 2.82. The van der Waals surface area contributed by atoms with Gasteiger partial charge >= 0.3 is 0 Å². The fraction of sp³-hybridized carbons (Fsp3) is 0.444. The SMILES string of the molecule is N#C/C(=C\c1ccc(N2CCCC2)cc1)C(=O)N1CCCC1. The molecular formula is C18H21N3O. The van der Waals surface area contributed by atoms with Gasteiger partial charge in [0.2, 0.25) is 0 Å². The lowest BCUT2D eigenvalue weighted by molar-refractivity contribution is -0.125. The Hall–Kier alpha value is -2.28. The molecule has 2 saturated heterocycles. The summed E-state index contributed by atoms with van der Waals surface area (Å²) in [5.41, 5.74) is 2.36. The normalized spacial score (nSPS) is 18.6. The maximum absolute atomic E-state index is 12.3. The number of nitrogens with zero attached hydrogens (tertiary/aromatic N) is 3. The van der Waals surface area contributed by atoms with E-state index in [9.17, 15) is 10.1 Å². The molecule has 0 saturated carbocycles. The molecule has 2 aliphatic rings. The predicted molar refractivity (Wildman–Crippen MR) is 87.3 cm³/mol. The van der Waals surface area contributed by atoms with E-state index in [1.807, 2.05) is 12.1 Å². The molecule has 3 rings (SSSR count). The highest BCUT2D eigenvalue weighted by atomic mass is 16.2. The van der Waals surface area contributed by atoms with Crippen LogP contribution in [0.15, 0.2) is 29.8 Å². The number of hydrogen-bond donors (Lipinski definition) is 0. The van der Waals surface area contributed by atoms with Crippen molar-refractivity contribution in [3.63, 3.8) is 0 Å². The van der Waals surface area contributed by atoms with Gasteiger partial charge < -0.3 is 9.80 Å². The number of amides is 1. The Labute approximate surface area is 131 Å². The van der Waals surface area contributed by atoms with Crippen molar-refractivity contribution in [1.29, 1.82) is 5.26 Å². The van der Waals surface area contributed by atoms with E-state index in [2.05, 4.69) is 23.1 Å². The van der Waals surface area contributed by atoms with Crippen LogP contribution in [0.5, 0.6) is 0 Å². The first kappa shape index (κ1) is 14.6. The molecule has 22 heavy (non-hydrogen) atoms. The number of anilines is 1. The number of rotatable bonds is 3. The third-order valence-electron chi connectivity index (χ3n) is 4.42. The Bertz CT molecular complexity index is 600. The molecular weight excluding hydrogens is 274 g/mol. The van der Waals surface area contributed by atoms with Crippen LogP contribution in [0.1, 0.15) is 31.2 Å². The molecule has 2 heterocycles. The van der Waals surface area contributed by atoms with E-state index in [0.717, 1.165) is 44.6 Å². The van der Waals surface area contributed by atoms with Gasteiger partial charge in [-0.15, -0.1) is 0 Å². The molecule has 0 aromatic heterocycles. The molecule has 0 unspecified atom stereocenters. The van der Waals surface area contributed by atoms with Gasteiger partial charge in [-0.05, 0) is 49.5 Å². The fourth-order valence-electron chi connectivity index (χ4n) is 3.16. The Balaban J connectivity index is 1.74. The van der Waals surface area contributed by atoms with Crippen LogP contribution in [-0.2, 0) is 4.79 Å². The number of likely N-dealkylation sites (tertiary alicyclic amines) is 1. The van der Waals surface area contributed by atoms with Crippen LogP contribution in [0.25, 0.3) is 6.08 Å². The van der Waals surface area contributed by atoms with Crippen molar-refractivity contribution < 1.29 is 4.79 Å². The molecule has 4 heteroatoms. The molecule has 2 aliphatic heterocycles. The summed E-state index contributed by atoms with van der Waals surface area (Å²) in [5.74, 6) is -0.136. The van der Waals surface area contributed by atoms with E-state index >= 15 is 0 Å². The summed E-state index contributed by atoms with van der Waals surface area (Å²) in [6.45, 7) is 3.77. The second-order valence-electron chi connectivity index (χ2n) is 5.95. The van der Waals surface area contributed by atoms with Crippen LogP contribution in [0.2, 0.25) is 0 Å². The first-order valence-electron chi connectivity index (χ1n) is 8.04. The lowest BCUT2D eigenvalue weighted by Gasteiger charge is -2.17. The summed E-state index contributed by atoms with van der Waals surface area (Å²) in [6.07, 6.45) is 6.29. The fourth-order valence-corrected chi connectivity index (χ4v) is 3.16. The Morgan fingerprint density at radius 2 is 1.59 bits per heavy atom. The van der Waals surface area contributed by atoms with E-state index in [0.29, 0.717) is 0 Å². The molecule has 2 fully saturated rings. The zero-order valence-corrected chi connectivity index (χ0v) is 12.8. The zero-order chi connectivity index (χ0) is 15.4. The second-order valence-corrected chi connectivity index (χ2v) is 5.95. The van der Waals surface area contributed by atoms with Crippen LogP contribution in [-0.4, -0.2) is 37.0 Å². The van der Waals surface area contributed by atoms with E-state index in [-0.39, 0.29) is 11.5 Å². The van der Waals surface area contributed by atoms with Crippen molar-refractivity contribution in [1.82, 2.24) is 4.90 Å². The molecule has 0 aliphatic carbocycles. The molecule has 114 valence electrons. The van der Waals surface area contributed by atoms with Crippen molar-refractivity contribution in [2.24, 2.45) is 0 Å². The quantitative estimate of drug-likeness (QED) is 0.636. The third-order valence-corrected chi connectivity index (χ3v) is 4.42. The summed E-state index contributed by atoms with van der Waals surface area (Å²) in [4.78, 5) is 16.4. The highest BCUT2D eigenvalue weighted by Gasteiger charge is 2.21. The lowest BCUT2D eigenvalue weighted by atomic mass is 10.1. The van der Waals surface area contributed by atoms with Gasteiger partial charge in [0.05, 0.1) is 0 Å². The van der Waals surface area contributed by atoms with Crippen molar-refractivity contribution in [2.75, 3.05) is 31.1 Å². The first-order chi connectivity index (χ1) is 10.8. The molecule has 0 bridgehead atoms. The van der Waals surface area contributed by atoms with Gasteiger partial charge in [-0.2, -0.15) is 5.26 Å². The average Bonchev–Trinajstić information content (AvgIpc) is 3.25. The van der Waals surface area contributed by atoms with Crippen molar-refractivity contribution in [2.45, 2.75) is 25.7 Å². The minimum absolute atomic E-state index is 0.136. The molecule has 4 nitrogen and oxygen atoms in total. The maximum atomic E-state index is 12.3. The van der Waals surface area contributed by atoms with Crippen LogP contribution in [0.3, 0.4) is 0 Å². The summed E-state index contributed by atoms with van der Waals surface area (Å²) in [7, 11) is 0. The van der Waals surface area contributed by atoms with Gasteiger partial charge in [0.25, 0.3) is 5.91 Å². The second kappa shape index (κ2) is 6.65. The highest BCUT2D eigenvalue weighted by Crippen LogP contribution is 2.21. The minimum atomic E-state index is -0.136. The minimum Gasteiger partial charge on any atom is -0.372 e. The monoisotopic (exact) mass is 295 g/mol. The standard InChI is InChI=1S/C18H21N3O/c19-14-16(18(22)21-11-3-4-12-21)13-15-5-7-17(8-6-15)20-9-1-2-10-20/h5-8,13H,1-4,9-12H2/b16-13+. The van der Waals surface area contributed by atoms with Gasteiger partial charge in [-0.1, -0.05) is 12.1 Å². The molecule has 0 atom stereocenters. The largest absolute Gasteiger partial charge is 0.372 e. The smallest absolute Gasteiger partial charge is 0.264 e. The summed E-state index contributed by atoms with van der Waals surface area (Å²) < 4.78 is 0. The van der Waals surface area contributed by atoms with E-state index in [1.165, 1.54) is 18.5 Å². The Morgan fingerprint density at radius 3 is 2.18 bits per heavy atom. The van der Waals surface area contributed by atoms with E-state index in [1.54, 1.807) is 11.0 Å². The van der Waals surface area contributed by atoms with Crippen molar-refractivity contribution >= 4 is 17.7 Å². The van der Waals surface area contributed by atoms with Gasteiger partial charge in [-0.25, -0.2) is 0 Å². The molecule has 1 aromatic rings. The van der Waals surface area contributed by atoms with Crippen LogP contribution >= 0.6 is 0 Å². The van der Waals surface area contributed by atoms with E-state index in [4.69, 9.17) is 0 Å². The molecule has 0 radical (unpaired) electrons.